The van der Waals surface area contributed by atoms with E-state index in [-0.39, 0.29) is 17.6 Å². The Balaban J connectivity index is 1.84. The fourth-order valence-corrected chi connectivity index (χ4v) is 4.28. The molecule has 0 aromatic heterocycles. The molecule has 1 aliphatic rings. The molecule has 176 valence electrons. The molecule has 2 aromatic rings. The van der Waals surface area contributed by atoms with Crippen molar-refractivity contribution in [2.24, 2.45) is 4.36 Å². The number of hydrogen-bond donors (Lipinski definition) is 2. The summed E-state index contributed by atoms with van der Waals surface area (Å²) in [5.41, 5.74) is 3.26. The van der Waals surface area contributed by atoms with Crippen LogP contribution in [-0.2, 0) is 21.3 Å². The summed E-state index contributed by atoms with van der Waals surface area (Å²) in [5, 5.41) is 13.5. The number of nitrogens with one attached hydrogen (secondary N) is 1. The highest BCUT2D eigenvalue weighted by atomic mass is 32.2. The van der Waals surface area contributed by atoms with Crippen LogP contribution >= 0.6 is 0 Å². The average Bonchev–Trinajstić information content (AvgIpc) is 3.53. The van der Waals surface area contributed by atoms with Gasteiger partial charge in [-0.15, -0.1) is 0 Å². The molecular weight excluding hydrogens is 436 g/mol. The predicted molar refractivity (Wildman–Crippen MR) is 121 cm³/mol. The zero-order valence-electron chi connectivity index (χ0n) is 18.7. The molecule has 0 amide bonds. The zero-order chi connectivity index (χ0) is 23.4. The molecule has 1 fully saturated rings. The maximum atomic E-state index is 12.8. The van der Waals surface area contributed by atoms with E-state index in [0.717, 1.165) is 36.1 Å². The van der Waals surface area contributed by atoms with Gasteiger partial charge in [-0.1, -0.05) is 43.0 Å². The SMILES string of the molecule is CC(C)c1cc(OC(F)F)cc(C2CC2)c1NC(O)N=[S-](=O)c1ccc(CN(C)C)cc1. The van der Waals surface area contributed by atoms with Crippen LogP contribution in [0.2, 0.25) is 0 Å². The molecule has 3 rings (SSSR count). The number of halogens is 2. The summed E-state index contributed by atoms with van der Waals surface area (Å²) in [6, 6.07) is 10.4. The van der Waals surface area contributed by atoms with Gasteiger partial charge in [-0.25, -0.2) is 0 Å². The van der Waals surface area contributed by atoms with Crippen LogP contribution in [0.25, 0.3) is 0 Å². The smallest absolute Gasteiger partial charge is 0.387 e. The molecule has 2 N–H and O–H groups in total. The number of nitrogens with zero attached hydrogens (tertiary/aromatic N) is 2. The van der Waals surface area contributed by atoms with E-state index in [9.17, 15) is 18.1 Å². The minimum atomic E-state index is -2.91. The van der Waals surface area contributed by atoms with Gasteiger partial charge in [0.15, 0.2) is 0 Å². The Morgan fingerprint density at radius 2 is 1.88 bits per heavy atom. The van der Waals surface area contributed by atoms with Gasteiger partial charge < -0.3 is 28.6 Å². The van der Waals surface area contributed by atoms with E-state index in [1.165, 1.54) is 0 Å². The van der Waals surface area contributed by atoms with E-state index in [4.69, 9.17) is 0 Å². The van der Waals surface area contributed by atoms with Gasteiger partial charge in [-0.2, -0.15) is 19.4 Å². The second kappa shape index (κ2) is 10.6. The number of anilines is 1. The summed E-state index contributed by atoms with van der Waals surface area (Å²) in [6.07, 6.45) is 0.445. The second-order valence-corrected chi connectivity index (χ2v) is 9.72. The number of aliphatic hydroxyl groups is 1. The Bertz CT molecular complexity index is 979. The summed E-state index contributed by atoms with van der Waals surface area (Å²) >= 11 is 0. The number of rotatable bonds is 10. The molecule has 1 aliphatic carbocycles. The van der Waals surface area contributed by atoms with Crippen molar-refractivity contribution >= 4 is 16.3 Å². The minimum Gasteiger partial charge on any atom is -0.440 e. The molecular formula is C23H30F2N3O3S-. The maximum Gasteiger partial charge on any atom is 0.387 e. The summed E-state index contributed by atoms with van der Waals surface area (Å²) < 4.78 is 46.8. The first-order valence-electron chi connectivity index (χ1n) is 10.6. The Kier molecular flexibility index (Phi) is 8.08. The van der Waals surface area contributed by atoms with Gasteiger partial charge in [0, 0.05) is 12.2 Å². The first kappa shape index (κ1) is 24.4. The lowest BCUT2D eigenvalue weighted by Crippen LogP contribution is -2.19. The molecule has 2 aromatic carbocycles. The van der Waals surface area contributed by atoms with Gasteiger partial charge in [0.05, 0.1) is 0 Å². The average molecular weight is 467 g/mol. The molecule has 1 atom stereocenters. The molecule has 0 spiro atoms. The van der Waals surface area contributed by atoms with Gasteiger partial charge in [0.2, 0.25) is 6.35 Å². The van der Waals surface area contributed by atoms with Crippen LogP contribution in [0, 0.1) is 0 Å². The number of hydrogen-bond acceptors (Lipinski definition) is 7. The van der Waals surface area contributed by atoms with Gasteiger partial charge in [-0.3, -0.25) is 0 Å². The molecule has 0 bridgehead atoms. The van der Waals surface area contributed by atoms with Crippen molar-refractivity contribution in [1.82, 2.24) is 4.90 Å². The summed E-state index contributed by atoms with van der Waals surface area (Å²) in [4.78, 5) is 2.52. The number of aliphatic hydroxyl groups excluding tert-OH is 1. The van der Waals surface area contributed by atoms with E-state index in [1.54, 1.807) is 24.3 Å². The van der Waals surface area contributed by atoms with Crippen LogP contribution in [0.1, 0.15) is 55.2 Å². The number of benzene rings is 2. The summed E-state index contributed by atoms with van der Waals surface area (Å²) in [6.45, 7) is 1.72. The molecule has 0 saturated heterocycles. The van der Waals surface area contributed by atoms with E-state index in [0.29, 0.717) is 10.6 Å². The van der Waals surface area contributed by atoms with Crippen LogP contribution in [0.15, 0.2) is 45.7 Å². The lowest BCUT2D eigenvalue weighted by molar-refractivity contribution is -0.0499. The van der Waals surface area contributed by atoms with Gasteiger partial charge in [-0.05, 0) is 67.6 Å². The monoisotopic (exact) mass is 466 g/mol. The molecule has 32 heavy (non-hydrogen) atoms. The van der Waals surface area contributed by atoms with Crippen LogP contribution in [0.4, 0.5) is 14.5 Å². The fourth-order valence-electron chi connectivity index (χ4n) is 3.55. The Labute approximate surface area is 189 Å². The van der Waals surface area contributed by atoms with Crippen molar-refractivity contribution in [2.75, 3.05) is 19.4 Å². The Hall–Kier alpha value is -2.23. The van der Waals surface area contributed by atoms with E-state index in [1.807, 2.05) is 45.0 Å². The van der Waals surface area contributed by atoms with Crippen molar-refractivity contribution in [3.05, 3.63) is 53.1 Å². The highest BCUT2D eigenvalue weighted by Gasteiger charge is 2.29. The maximum absolute atomic E-state index is 12.8. The standard InChI is InChI=1S/C23H30F2N3O3S/c1-14(2)19-11-17(31-22(24)25)12-20(16-7-8-16)21(19)26-23(29)27-32(30)18-9-5-15(6-10-18)13-28(3)4/h5-6,9-12,14,16,22-23,26,29H,7-8,13H2,1-4H3/q-1. The van der Waals surface area contributed by atoms with Crippen LogP contribution in [-0.4, -0.2) is 37.1 Å². The Morgan fingerprint density at radius 3 is 2.41 bits per heavy atom. The summed E-state index contributed by atoms with van der Waals surface area (Å²) in [7, 11) is 2.17. The van der Waals surface area contributed by atoms with E-state index < -0.39 is 23.6 Å². The third-order valence-corrected chi connectivity index (χ3v) is 6.20. The molecule has 6 nitrogen and oxygen atoms in total. The van der Waals surface area contributed by atoms with Crippen molar-refractivity contribution in [3.8, 4) is 5.75 Å². The first-order valence-corrected chi connectivity index (χ1v) is 11.7. The lowest BCUT2D eigenvalue weighted by atomic mass is 9.95. The molecule has 0 heterocycles. The quantitative estimate of drug-likeness (QED) is 0.370. The fraction of sp³-hybridized carbons (Fsp3) is 0.478. The van der Waals surface area contributed by atoms with Crippen LogP contribution < -0.4 is 10.1 Å². The predicted octanol–water partition coefficient (Wildman–Crippen LogP) is 5.24. The van der Waals surface area contributed by atoms with Crippen molar-refractivity contribution in [2.45, 2.75) is 62.9 Å². The third kappa shape index (κ3) is 6.63. The molecule has 1 saturated carbocycles. The molecule has 9 heteroatoms. The minimum absolute atomic E-state index is 0.0156. The number of alkyl halides is 2. The summed E-state index contributed by atoms with van der Waals surface area (Å²) in [5.74, 6) is 0.292. The second-order valence-electron chi connectivity index (χ2n) is 8.54. The van der Waals surface area contributed by atoms with Gasteiger partial charge >= 0.3 is 6.61 Å². The molecule has 0 aliphatic heterocycles. The molecule has 0 radical (unpaired) electrons. The van der Waals surface area contributed by atoms with Gasteiger partial charge in [0.1, 0.15) is 5.75 Å². The number of ether oxygens (including phenoxy) is 1. The van der Waals surface area contributed by atoms with E-state index in [2.05, 4.69) is 14.4 Å². The van der Waals surface area contributed by atoms with Crippen molar-refractivity contribution in [3.63, 3.8) is 0 Å². The lowest BCUT2D eigenvalue weighted by Gasteiger charge is -2.23. The molecule has 1 unspecified atom stereocenters. The van der Waals surface area contributed by atoms with Gasteiger partial charge in [0.25, 0.3) is 0 Å². The highest BCUT2D eigenvalue weighted by molar-refractivity contribution is 7.74. The third-order valence-electron chi connectivity index (χ3n) is 5.13. The largest absolute Gasteiger partial charge is 0.440 e. The zero-order valence-corrected chi connectivity index (χ0v) is 19.5. The van der Waals surface area contributed by atoms with Crippen LogP contribution in [0.5, 0.6) is 5.75 Å². The normalized spacial score (nSPS) is 16.1. The van der Waals surface area contributed by atoms with Crippen molar-refractivity contribution < 1.29 is 22.8 Å². The van der Waals surface area contributed by atoms with Crippen molar-refractivity contribution in [1.29, 1.82) is 0 Å². The Morgan fingerprint density at radius 1 is 1.22 bits per heavy atom. The van der Waals surface area contributed by atoms with Crippen LogP contribution in [0.3, 0.4) is 0 Å². The first-order chi connectivity index (χ1) is 15.1. The topological polar surface area (TPSA) is 74.2 Å². The van der Waals surface area contributed by atoms with E-state index >= 15 is 0 Å². The highest BCUT2D eigenvalue weighted by Crippen LogP contribution is 2.47.